The van der Waals surface area contributed by atoms with Gasteiger partial charge in [-0.25, -0.2) is 0 Å². The summed E-state index contributed by atoms with van der Waals surface area (Å²) >= 11 is 0. The second kappa shape index (κ2) is 6.26. The first-order valence-electron chi connectivity index (χ1n) is 6.91. The van der Waals surface area contributed by atoms with Crippen molar-refractivity contribution in [2.75, 3.05) is 40.0 Å². The van der Waals surface area contributed by atoms with Gasteiger partial charge in [0.2, 0.25) is 0 Å². The van der Waals surface area contributed by atoms with Crippen LogP contribution in [-0.4, -0.2) is 50.1 Å². The Labute approximate surface area is 116 Å². The standard InChI is InChI=1S/C15H25N3O/c1-17(2)11-14-5-4-8-18(14)10-12-6-7-13(16)9-15(12)19-3/h6-7,9,14H,4-5,8,10-11,16H2,1-3H3. The molecule has 0 bridgehead atoms. The smallest absolute Gasteiger partial charge is 0.125 e. The number of benzene rings is 1. The topological polar surface area (TPSA) is 41.7 Å². The number of nitrogens with zero attached hydrogens (tertiary/aromatic N) is 2. The van der Waals surface area contributed by atoms with Crippen molar-refractivity contribution in [3.63, 3.8) is 0 Å². The Morgan fingerprint density at radius 1 is 1.42 bits per heavy atom. The molecule has 0 spiro atoms. The van der Waals surface area contributed by atoms with Crippen molar-refractivity contribution in [1.29, 1.82) is 0 Å². The predicted molar refractivity (Wildman–Crippen MR) is 79.4 cm³/mol. The second-order valence-corrected chi connectivity index (χ2v) is 5.60. The molecule has 1 atom stereocenters. The number of anilines is 1. The van der Waals surface area contributed by atoms with Gasteiger partial charge in [0.05, 0.1) is 7.11 Å². The number of likely N-dealkylation sites (tertiary alicyclic amines) is 1. The highest BCUT2D eigenvalue weighted by atomic mass is 16.5. The molecule has 1 saturated heterocycles. The summed E-state index contributed by atoms with van der Waals surface area (Å²) in [5.41, 5.74) is 7.78. The van der Waals surface area contributed by atoms with Crippen molar-refractivity contribution in [3.8, 4) is 5.75 Å². The number of methoxy groups -OCH3 is 1. The molecule has 2 rings (SSSR count). The fourth-order valence-corrected chi connectivity index (χ4v) is 2.84. The van der Waals surface area contributed by atoms with Crippen LogP contribution in [0.2, 0.25) is 0 Å². The predicted octanol–water partition coefficient (Wildman–Crippen LogP) is 1.80. The van der Waals surface area contributed by atoms with Crippen LogP contribution in [0.15, 0.2) is 18.2 Å². The molecule has 4 nitrogen and oxygen atoms in total. The maximum absolute atomic E-state index is 5.80. The molecule has 4 heteroatoms. The van der Waals surface area contributed by atoms with Gasteiger partial charge >= 0.3 is 0 Å². The van der Waals surface area contributed by atoms with Crippen molar-refractivity contribution < 1.29 is 4.74 Å². The Morgan fingerprint density at radius 3 is 2.89 bits per heavy atom. The van der Waals surface area contributed by atoms with E-state index in [1.807, 2.05) is 12.1 Å². The molecular formula is C15H25N3O. The van der Waals surface area contributed by atoms with E-state index in [4.69, 9.17) is 10.5 Å². The minimum atomic E-state index is 0.650. The summed E-state index contributed by atoms with van der Waals surface area (Å²) in [6.45, 7) is 3.24. The number of ether oxygens (including phenoxy) is 1. The number of nitrogens with two attached hydrogens (primary N) is 1. The third kappa shape index (κ3) is 3.61. The van der Waals surface area contributed by atoms with E-state index in [1.165, 1.54) is 24.9 Å². The van der Waals surface area contributed by atoms with Gasteiger partial charge < -0.3 is 15.4 Å². The number of likely N-dealkylation sites (N-methyl/N-ethyl adjacent to an activating group) is 1. The van der Waals surface area contributed by atoms with E-state index >= 15 is 0 Å². The van der Waals surface area contributed by atoms with Crippen LogP contribution in [0, 0.1) is 0 Å². The zero-order valence-electron chi connectivity index (χ0n) is 12.2. The minimum absolute atomic E-state index is 0.650. The molecule has 106 valence electrons. The quantitative estimate of drug-likeness (QED) is 0.823. The van der Waals surface area contributed by atoms with Crippen molar-refractivity contribution in [3.05, 3.63) is 23.8 Å². The van der Waals surface area contributed by atoms with Crippen molar-refractivity contribution in [2.24, 2.45) is 0 Å². The highest BCUT2D eigenvalue weighted by molar-refractivity contribution is 5.48. The van der Waals surface area contributed by atoms with Crippen LogP contribution in [0.3, 0.4) is 0 Å². The lowest BCUT2D eigenvalue weighted by Gasteiger charge is -2.27. The maximum atomic E-state index is 5.80. The van der Waals surface area contributed by atoms with Crippen LogP contribution < -0.4 is 10.5 Å². The minimum Gasteiger partial charge on any atom is -0.496 e. The molecule has 0 saturated carbocycles. The van der Waals surface area contributed by atoms with E-state index < -0.39 is 0 Å². The molecule has 0 amide bonds. The van der Waals surface area contributed by atoms with E-state index in [9.17, 15) is 0 Å². The SMILES string of the molecule is COc1cc(N)ccc1CN1CCCC1CN(C)C. The van der Waals surface area contributed by atoms with Crippen LogP contribution in [0.1, 0.15) is 18.4 Å². The Balaban J connectivity index is 2.07. The first kappa shape index (κ1) is 14.2. The van der Waals surface area contributed by atoms with Crippen LogP contribution in [0.25, 0.3) is 0 Å². The van der Waals surface area contributed by atoms with Gasteiger partial charge in [-0.15, -0.1) is 0 Å². The molecule has 1 aromatic rings. The van der Waals surface area contributed by atoms with Crippen LogP contribution in [0.4, 0.5) is 5.69 Å². The van der Waals surface area contributed by atoms with Crippen LogP contribution in [0.5, 0.6) is 5.75 Å². The molecule has 1 aliphatic heterocycles. The molecule has 0 radical (unpaired) electrons. The van der Waals surface area contributed by atoms with Crippen molar-refractivity contribution >= 4 is 5.69 Å². The normalized spacial score (nSPS) is 20.1. The van der Waals surface area contributed by atoms with E-state index in [1.54, 1.807) is 7.11 Å². The van der Waals surface area contributed by atoms with Gasteiger partial charge in [0.25, 0.3) is 0 Å². The van der Waals surface area contributed by atoms with E-state index in [2.05, 4.69) is 30.0 Å². The molecule has 1 fully saturated rings. The Hall–Kier alpha value is -1.26. The number of hydrogen-bond acceptors (Lipinski definition) is 4. The third-order valence-electron chi connectivity index (χ3n) is 3.76. The van der Waals surface area contributed by atoms with Crippen LogP contribution in [-0.2, 0) is 6.54 Å². The summed E-state index contributed by atoms with van der Waals surface area (Å²) in [6, 6.07) is 6.60. The molecule has 2 N–H and O–H groups in total. The van der Waals surface area contributed by atoms with Gasteiger partial charge in [-0.2, -0.15) is 0 Å². The lowest BCUT2D eigenvalue weighted by Crippen LogP contribution is -2.37. The van der Waals surface area contributed by atoms with E-state index in [0.29, 0.717) is 6.04 Å². The first-order chi connectivity index (χ1) is 9.10. The second-order valence-electron chi connectivity index (χ2n) is 5.60. The van der Waals surface area contributed by atoms with Gasteiger partial charge in [0, 0.05) is 36.4 Å². The molecule has 1 aromatic carbocycles. The average Bonchev–Trinajstić information content (AvgIpc) is 2.78. The summed E-state index contributed by atoms with van der Waals surface area (Å²) in [6.07, 6.45) is 2.57. The zero-order chi connectivity index (χ0) is 13.8. The van der Waals surface area contributed by atoms with Gasteiger partial charge in [0.15, 0.2) is 0 Å². The van der Waals surface area contributed by atoms with Gasteiger partial charge in [-0.05, 0) is 39.5 Å². The molecule has 1 heterocycles. The van der Waals surface area contributed by atoms with E-state index in [0.717, 1.165) is 24.5 Å². The Morgan fingerprint density at radius 2 is 2.21 bits per heavy atom. The van der Waals surface area contributed by atoms with Crippen LogP contribution >= 0.6 is 0 Å². The third-order valence-corrected chi connectivity index (χ3v) is 3.76. The summed E-state index contributed by atoms with van der Waals surface area (Å²) in [5.74, 6) is 0.899. The summed E-state index contributed by atoms with van der Waals surface area (Å²) < 4.78 is 5.44. The number of nitrogen functional groups attached to an aromatic ring is 1. The monoisotopic (exact) mass is 263 g/mol. The lowest BCUT2D eigenvalue weighted by atomic mass is 10.1. The highest BCUT2D eigenvalue weighted by Gasteiger charge is 2.25. The molecule has 0 aromatic heterocycles. The Bertz CT molecular complexity index is 420. The molecular weight excluding hydrogens is 238 g/mol. The van der Waals surface area contributed by atoms with Gasteiger partial charge in [0.1, 0.15) is 5.75 Å². The average molecular weight is 263 g/mol. The summed E-state index contributed by atoms with van der Waals surface area (Å²) in [5, 5.41) is 0. The number of rotatable bonds is 5. The van der Waals surface area contributed by atoms with Gasteiger partial charge in [-0.1, -0.05) is 6.07 Å². The fourth-order valence-electron chi connectivity index (χ4n) is 2.84. The highest BCUT2D eigenvalue weighted by Crippen LogP contribution is 2.26. The lowest BCUT2D eigenvalue weighted by molar-refractivity contribution is 0.199. The van der Waals surface area contributed by atoms with Crippen molar-refractivity contribution in [2.45, 2.75) is 25.4 Å². The van der Waals surface area contributed by atoms with Gasteiger partial charge in [-0.3, -0.25) is 4.90 Å². The first-order valence-corrected chi connectivity index (χ1v) is 6.91. The summed E-state index contributed by atoms with van der Waals surface area (Å²) in [7, 11) is 5.99. The van der Waals surface area contributed by atoms with E-state index in [-0.39, 0.29) is 0 Å². The summed E-state index contributed by atoms with van der Waals surface area (Å²) in [4.78, 5) is 4.82. The molecule has 0 aliphatic carbocycles. The number of hydrogen-bond donors (Lipinski definition) is 1. The Kier molecular flexibility index (Phi) is 4.66. The molecule has 1 aliphatic rings. The zero-order valence-corrected chi connectivity index (χ0v) is 12.2. The molecule has 19 heavy (non-hydrogen) atoms. The fraction of sp³-hybridized carbons (Fsp3) is 0.600. The van der Waals surface area contributed by atoms with Crippen molar-refractivity contribution in [1.82, 2.24) is 9.80 Å². The maximum Gasteiger partial charge on any atom is 0.125 e. The largest absolute Gasteiger partial charge is 0.496 e. The molecule has 1 unspecified atom stereocenters.